The molecule has 1 atom stereocenters. The molecule has 20 heavy (non-hydrogen) atoms. The summed E-state index contributed by atoms with van der Waals surface area (Å²) in [5, 5.41) is 0.968. The van der Waals surface area contributed by atoms with E-state index in [2.05, 4.69) is 27.4 Å². The fourth-order valence-corrected chi connectivity index (χ4v) is 1.78. The molecule has 0 saturated heterocycles. The quantitative estimate of drug-likeness (QED) is 0.550. The highest BCUT2D eigenvalue weighted by atomic mass is 32.2. The molecule has 120 valence electrons. The first-order chi connectivity index (χ1) is 9.10. The molecular formula is C15H30O4S. The van der Waals surface area contributed by atoms with Crippen molar-refractivity contribution in [1.29, 1.82) is 0 Å². The van der Waals surface area contributed by atoms with E-state index in [4.69, 9.17) is 9.47 Å². The molecule has 0 bridgehead atoms. The van der Waals surface area contributed by atoms with E-state index in [0.29, 0.717) is 13.2 Å². The predicted molar refractivity (Wildman–Crippen MR) is 83.5 cm³/mol. The lowest BCUT2D eigenvalue weighted by atomic mass is 9.91. The Balaban J connectivity index is 4.22. The van der Waals surface area contributed by atoms with E-state index in [1.807, 2.05) is 13.8 Å². The summed E-state index contributed by atoms with van der Waals surface area (Å²) in [6.07, 6.45) is 1.87. The average Bonchev–Trinajstić information content (AvgIpc) is 2.42. The van der Waals surface area contributed by atoms with Gasteiger partial charge in [-0.3, -0.25) is 0 Å². The Bertz CT molecular complexity index is 387. The topological polar surface area (TPSA) is 52.6 Å². The van der Waals surface area contributed by atoms with E-state index in [1.54, 1.807) is 0 Å². The van der Waals surface area contributed by atoms with E-state index in [9.17, 15) is 8.42 Å². The van der Waals surface area contributed by atoms with Crippen molar-refractivity contribution in [2.24, 2.45) is 5.41 Å². The van der Waals surface area contributed by atoms with E-state index >= 15 is 0 Å². The zero-order valence-electron chi connectivity index (χ0n) is 13.6. The molecule has 0 aromatic rings. The van der Waals surface area contributed by atoms with Crippen molar-refractivity contribution in [3.63, 3.8) is 0 Å². The van der Waals surface area contributed by atoms with Crippen LogP contribution in [0.5, 0.6) is 0 Å². The van der Waals surface area contributed by atoms with E-state index in [-0.39, 0.29) is 23.4 Å². The smallest absolute Gasteiger partial charge is 0.173 e. The van der Waals surface area contributed by atoms with Crippen LogP contribution in [-0.2, 0) is 19.3 Å². The van der Waals surface area contributed by atoms with Gasteiger partial charge >= 0.3 is 0 Å². The molecule has 0 aliphatic rings. The molecule has 0 radical (unpaired) electrons. The Morgan fingerprint density at radius 3 is 2.15 bits per heavy atom. The monoisotopic (exact) mass is 306 g/mol. The Labute approximate surface area is 124 Å². The van der Waals surface area contributed by atoms with Crippen LogP contribution in [0.3, 0.4) is 0 Å². The van der Waals surface area contributed by atoms with Gasteiger partial charge in [-0.05, 0) is 25.2 Å². The first kappa shape index (κ1) is 19.6. The van der Waals surface area contributed by atoms with Gasteiger partial charge in [-0.25, -0.2) is 8.42 Å². The summed E-state index contributed by atoms with van der Waals surface area (Å²) < 4.78 is 34.0. The van der Waals surface area contributed by atoms with Crippen LogP contribution < -0.4 is 0 Å². The Morgan fingerprint density at radius 2 is 1.70 bits per heavy atom. The lowest BCUT2D eigenvalue weighted by Gasteiger charge is -2.33. The molecule has 0 amide bonds. The van der Waals surface area contributed by atoms with Gasteiger partial charge in [-0.2, -0.15) is 0 Å². The van der Waals surface area contributed by atoms with E-state index < -0.39 is 9.84 Å². The number of hydrogen-bond acceptors (Lipinski definition) is 4. The predicted octanol–water partition coefficient (Wildman–Crippen LogP) is 3.18. The normalized spacial score (nSPS) is 15.8. The van der Waals surface area contributed by atoms with Crippen molar-refractivity contribution >= 4 is 9.84 Å². The second-order valence-electron chi connectivity index (χ2n) is 6.20. The first-order valence-corrected chi connectivity index (χ1v) is 8.88. The minimum atomic E-state index is -3.19. The summed E-state index contributed by atoms with van der Waals surface area (Å²) in [4.78, 5) is 0. The molecule has 0 aromatic heterocycles. The van der Waals surface area contributed by atoms with Gasteiger partial charge in [0.05, 0.1) is 31.2 Å². The molecule has 4 nitrogen and oxygen atoms in total. The summed E-state index contributed by atoms with van der Waals surface area (Å²) >= 11 is 0. The van der Waals surface area contributed by atoms with Crippen LogP contribution in [0.1, 0.15) is 47.5 Å². The fourth-order valence-electron chi connectivity index (χ4n) is 1.26. The van der Waals surface area contributed by atoms with Crippen molar-refractivity contribution in [2.75, 3.05) is 25.6 Å². The molecule has 0 heterocycles. The van der Waals surface area contributed by atoms with Crippen LogP contribution in [0, 0.1) is 5.41 Å². The minimum absolute atomic E-state index is 0.0310. The van der Waals surface area contributed by atoms with Gasteiger partial charge in [-0.15, -0.1) is 0 Å². The Hall–Kier alpha value is -0.390. The first-order valence-electron chi connectivity index (χ1n) is 7.16. The number of ether oxygens (including phenoxy) is 2. The van der Waals surface area contributed by atoms with Crippen LogP contribution in [0.4, 0.5) is 0 Å². The maximum absolute atomic E-state index is 11.3. The standard InChI is InChI=1S/C15H30O4S/c1-7-14(4,5)12-19-15(6,8-2)13-18-10-11-20(16,17)9-3/h9H,3,7-8,10-13H2,1-2,4-6H3. The maximum Gasteiger partial charge on any atom is 0.173 e. The van der Waals surface area contributed by atoms with Crippen LogP contribution in [0.2, 0.25) is 0 Å². The molecular weight excluding hydrogens is 276 g/mol. The third-order valence-corrected chi connectivity index (χ3v) is 4.93. The maximum atomic E-state index is 11.3. The zero-order chi connectivity index (χ0) is 15.9. The van der Waals surface area contributed by atoms with Crippen molar-refractivity contribution in [2.45, 2.75) is 53.1 Å². The molecule has 0 aromatic carbocycles. The van der Waals surface area contributed by atoms with Crippen molar-refractivity contribution in [1.82, 2.24) is 0 Å². The minimum Gasteiger partial charge on any atom is -0.377 e. The summed E-state index contributed by atoms with van der Waals surface area (Å²) in [6.45, 7) is 15.0. The third kappa shape index (κ3) is 8.02. The van der Waals surface area contributed by atoms with Crippen molar-refractivity contribution in [3.05, 3.63) is 12.0 Å². The number of hydrogen-bond donors (Lipinski definition) is 0. The molecule has 0 saturated carbocycles. The van der Waals surface area contributed by atoms with Gasteiger partial charge in [0, 0.05) is 5.41 Å². The molecule has 0 aliphatic carbocycles. The van der Waals surface area contributed by atoms with Crippen LogP contribution in [0.25, 0.3) is 0 Å². The molecule has 1 unspecified atom stereocenters. The highest BCUT2D eigenvalue weighted by Crippen LogP contribution is 2.25. The van der Waals surface area contributed by atoms with Gasteiger partial charge in [0.1, 0.15) is 0 Å². The molecule has 0 spiro atoms. The second-order valence-corrected chi connectivity index (χ2v) is 8.26. The zero-order valence-corrected chi connectivity index (χ0v) is 14.4. The van der Waals surface area contributed by atoms with Gasteiger partial charge < -0.3 is 9.47 Å². The van der Waals surface area contributed by atoms with Gasteiger partial charge in [0.2, 0.25) is 0 Å². The SMILES string of the molecule is C=CS(=O)(=O)CCOCC(C)(CC)OCC(C)(C)CC. The lowest BCUT2D eigenvalue weighted by Crippen LogP contribution is -2.37. The highest BCUT2D eigenvalue weighted by Gasteiger charge is 2.27. The van der Waals surface area contributed by atoms with Gasteiger partial charge in [0.15, 0.2) is 9.84 Å². The van der Waals surface area contributed by atoms with Crippen molar-refractivity contribution in [3.8, 4) is 0 Å². The summed E-state index contributed by atoms with van der Waals surface area (Å²) in [5.74, 6) is -0.0310. The van der Waals surface area contributed by atoms with Crippen LogP contribution in [0.15, 0.2) is 12.0 Å². The van der Waals surface area contributed by atoms with Gasteiger partial charge in [-0.1, -0.05) is 34.3 Å². The fraction of sp³-hybridized carbons (Fsp3) is 0.867. The molecule has 0 N–H and O–H groups in total. The van der Waals surface area contributed by atoms with Crippen molar-refractivity contribution < 1.29 is 17.9 Å². The number of sulfone groups is 1. The molecule has 5 heteroatoms. The second kappa shape index (κ2) is 8.15. The molecule has 0 fully saturated rings. The van der Waals surface area contributed by atoms with Crippen LogP contribution in [-0.4, -0.2) is 39.6 Å². The number of rotatable bonds is 11. The largest absolute Gasteiger partial charge is 0.377 e. The third-order valence-electron chi connectivity index (χ3n) is 3.69. The average molecular weight is 306 g/mol. The molecule has 0 rings (SSSR count). The van der Waals surface area contributed by atoms with Crippen LogP contribution >= 0.6 is 0 Å². The Morgan fingerprint density at radius 1 is 1.10 bits per heavy atom. The Kier molecular flexibility index (Phi) is 7.99. The summed E-state index contributed by atoms with van der Waals surface area (Å²) in [5.41, 5.74) is -0.229. The summed E-state index contributed by atoms with van der Waals surface area (Å²) in [7, 11) is -3.19. The van der Waals surface area contributed by atoms with Gasteiger partial charge in [0.25, 0.3) is 0 Å². The van der Waals surface area contributed by atoms with E-state index in [1.165, 1.54) is 0 Å². The van der Waals surface area contributed by atoms with E-state index in [0.717, 1.165) is 18.2 Å². The summed E-state index contributed by atoms with van der Waals surface area (Å²) in [6, 6.07) is 0. The molecule has 0 aliphatic heterocycles. The highest BCUT2D eigenvalue weighted by molar-refractivity contribution is 7.94. The lowest BCUT2D eigenvalue weighted by molar-refractivity contribution is -0.109.